The van der Waals surface area contributed by atoms with Gasteiger partial charge in [-0.3, -0.25) is 4.79 Å². The molecule has 0 radical (unpaired) electrons. The SMILES string of the molecule is Cc1cc(F)c(Br)cc1NC(=O)CCCCCCN. The Bertz CT molecular complexity index is 438. The minimum absolute atomic E-state index is 0.0330. The number of aryl methyl sites for hydroxylation is 1. The number of nitrogens with one attached hydrogen (secondary N) is 1. The van der Waals surface area contributed by atoms with E-state index in [1.807, 2.05) is 0 Å². The third-order valence-electron chi connectivity index (χ3n) is 2.90. The van der Waals surface area contributed by atoms with E-state index in [-0.39, 0.29) is 11.7 Å². The second-order valence-electron chi connectivity index (χ2n) is 4.58. The number of benzene rings is 1. The number of carbonyl (C=O) groups excluding carboxylic acids is 1. The summed E-state index contributed by atoms with van der Waals surface area (Å²) in [4.78, 5) is 11.7. The molecule has 0 aromatic heterocycles. The van der Waals surface area contributed by atoms with Crippen LogP contribution in [0.2, 0.25) is 0 Å². The molecule has 1 aromatic rings. The van der Waals surface area contributed by atoms with Crippen LogP contribution in [0.25, 0.3) is 0 Å². The van der Waals surface area contributed by atoms with Gasteiger partial charge in [-0.1, -0.05) is 12.8 Å². The number of rotatable bonds is 7. The Morgan fingerprint density at radius 3 is 2.68 bits per heavy atom. The molecule has 0 aliphatic heterocycles. The molecule has 0 fully saturated rings. The van der Waals surface area contributed by atoms with Crippen molar-refractivity contribution in [3.63, 3.8) is 0 Å². The topological polar surface area (TPSA) is 55.1 Å². The van der Waals surface area contributed by atoms with Crippen LogP contribution in [-0.2, 0) is 4.79 Å². The van der Waals surface area contributed by atoms with Gasteiger partial charge in [-0.05, 0) is 59.9 Å². The molecule has 106 valence electrons. The van der Waals surface area contributed by atoms with Crippen molar-refractivity contribution in [3.05, 3.63) is 28.0 Å². The second-order valence-corrected chi connectivity index (χ2v) is 5.44. The van der Waals surface area contributed by atoms with Crippen molar-refractivity contribution >= 4 is 27.5 Å². The summed E-state index contributed by atoms with van der Waals surface area (Å²) >= 11 is 3.11. The molecule has 19 heavy (non-hydrogen) atoms. The van der Waals surface area contributed by atoms with Crippen LogP contribution in [0, 0.1) is 12.7 Å². The van der Waals surface area contributed by atoms with Crippen molar-refractivity contribution in [3.8, 4) is 0 Å². The first kappa shape index (κ1) is 16.1. The fraction of sp³-hybridized carbons (Fsp3) is 0.500. The van der Waals surface area contributed by atoms with Crippen LogP contribution in [0.15, 0.2) is 16.6 Å². The Morgan fingerprint density at radius 1 is 1.32 bits per heavy atom. The predicted octanol–water partition coefficient (Wildman–Crippen LogP) is 3.74. The number of amides is 1. The van der Waals surface area contributed by atoms with Gasteiger partial charge in [-0.15, -0.1) is 0 Å². The molecule has 0 unspecified atom stereocenters. The van der Waals surface area contributed by atoms with Crippen LogP contribution >= 0.6 is 15.9 Å². The van der Waals surface area contributed by atoms with Gasteiger partial charge in [0.1, 0.15) is 5.82 Å². The summed E-state index contributed by atoms with van der Waals surface area (Å²) in [6, 6.07) is 3.00. The maximum Gasteiger partial charge on any atom is 0.224 e. The molecule has 0 spiro atoms. The number of hydrogen-bond donors (Lipinski definition) is 2. The van der Waals surface area contributed by atoms with Crippen molar-refractivity contribution in [2.24, 2.45) is 5.73 Å². The third-order valence-corrected chi connectivity index (χ3v) is 3.51. The maximum absolute atomic E-state index is 13.2. The number of carbonyl (C=O) groups is 1. The van der Waals surface area contributed by atoms with Gasteiger partial charge < -0.3 is 11.1 Å². The molecule has 0 bridgehead atoms. The summed E-state index contributed by atoms with van der Waals surface area (Å²) < 4.78 is 13.6. The van der Waals surface area contributed by atoms with Gasteiger partial charge >= 0.3 is 0 Å². The lowest BCUT2D eigenvalue weighted by Crippen LogP contribution is -2.12. The van der Waals surface area contributed by atoms with E-state index < -0.39 is 0 Å². The first-order chi connectivity index (χ1) is 9.04. The molecule has 3 nitrogen and oxygen atoms in total. The molecule has 0 aliphatic rings. The monoisotopic (exact) mass is 330 g/mol. The Kier molecular flexibility index (Phi) is 7.02. The molecule has 0 heterocycles. The molecular weight excluding hydrogens is 311 g/mol. The zero-order chi connectivity index (χ0) is 14.3. The van der Waals surface area contributed by atoms with E-state index in [1.54, 1.807) is 13.0 Å². The zero-order valence-electron chi connectivity index (χ0n) is 11.1. The van der Waals surface area contributed by atoms with E-state index in [1.165, 1.54) is 6.07 Å². The molecule has 0 aliphatic carbocycles. The zero-order valence-corrected chi connectivity index (χ0v) is 12.7. The van der Waals surface area contributed by atoms with Crippen molar-refractivity contribution < 1.29 is 9.18 Å². The Balaban J connectivity index is 2.42. The largest absolute Gasteiger partial charge is 0.330 e. The number of anilines is 1. The van der Waals surface area contributed by atoms with Gasteiger partial charge in [0.25, 0.3) is 0 Å². The van der Waals surface area contributed by atoms with Gasteiger partial charge in [0.05, 0.1) is 4.47 Å². The molecule has 3 N–H and O–H groups in total. The average Bonchev–Trinajstić information content (AvgIpc) is 2.35. The number of unbranched alkanes of at least 4 members (excludes halogenated alkanes) is 3. The highest BCUT2D eigenvalue weighted by atomic mass is 79.9. The Hall–Kier alpha value is -0.940. The normalized spacial score (nSPS) is 10.5. The summed E-state index contributed by atoms with van der Waals surface area (Å²) in [5.74, 6) is -0.355. The Morgan fingerprint density at radius 2 is 2.00 bits per heavy atom. The van der Waals surface area contributed by atoms with E-state index in [9.17, 15) is 9.18 Å². The van der Waals surface area contributed by atoms with Crippen LogP contribution in [0.4, 0.5) is 10.1 Å². The predicted molar refractivity (Wildman–Crippen MR) is 79.6 cm³/mol. The molecule has 1 amide bonds. The molecule has 1 aromatic carbocycles. The summed E-state index contributed by atoms with van der Waals surface area (Å²) in [7, 11) is 0. The smallest absolute Gasteiger partial charge is 0.224 e. The van der Waals surface area contributed by atoms with Crippen LogP contribution in [0.1, 0.15) is 37.7 Å². The fourth-order valence-electron chi connectivity index (χ4n) is 1.78. The molecule has 5 heteroatoms. The first-order valence-electron chi connectivity index (χ1n) is 6.50. The molecule has 0 saturated heterocycles. The summed E-state index contributed by atoms with van der Waals surface area (Å²) in [5, 5.41) is 2.81. The van der Waals surface area contributed by atoms with Crippen molar-refractivity contribution in [2.45, 2.75) is 39.0 Å². The van der Waals surface area contributed by atoms with E-state index in [2.05, 4.69) is 21.2 Å². The molecule has 0 saturated carbocycles. The highest BCUT2D eigenvalue weighted by Crippen LogP contribution is 2.24. The molecular formula is C14H20BrFN2O. The van der Waals surface area contributed by atoms with Gasteiger partial charge in [0.2, 0.25) is 5.91 Å². The van der Waals surface area contributed by atoms with Gasteiger partial charge in [-0.25, -0.2) is 4.39 Å². The van der Waals surface area contributed by atoms with Crippen LogP contribution < -0.4 is 11.1 Å². The Labute approximate surface area is 121 Å². The number of halogens is 2. The maximum atomic E-state index is 13.2. The second kappa shape index (κ2) is 8.27. The summed E-state index contributed by atoms with van der Waals surface area (Å²) in [6.07, 6.45) is 4.42. The lowest BCUT2D eigenvalue weighted by Gasteiger charge is -2.09. The van der Waals surface area contributed by atoms with Crippen LogP contribution in [0.5, 0.6) is 0 Å². The van der Waals surface area contributed by atoms with Gasteiger partial charge in [-0.2, -0.15) is 0 Å². The van der Waals surface area contributed by atoms with Gasteiger partial charge in [0.15, 0.2) is 0 Å². The van der Waals surface area contributed by atoms with Gasteiger partial charge in [0, 0.05) is 12.1 Å². The summed E-state index contributed by atoms with van der Waals surface area (Å²) in [6.45, 7) is 2.47. The highest BCUT2D eigenvalue weighted by molar-refractivity contribution is 9.10. The number of nitrogens with two attached hydrogens (primary N) is 1. The van der Waals surface area contributed by atoms with E-state index in [0.29, 0.717) is 23.1 Å². The minimum atomic E-state index is -0.322. The lowest BCUT2D eigenvalue weighted by atomic mass is 10.1. The molecule has 0 atom stereocenters. The van der Waals surface area contributed by atoms with Crippen LogP contribution in [-0.4, -0.2) is 12.5 Å². The average molecular weight is 331 g/mol. The minimum Gasteiger partial charge on any atom is -0.330 e. The standard InChI is InChI=1S/C14H20BrFN2O/c1-10-8-12(16)11(15)9-13(10)18-14(19)6-4-2-3-5-7-17/h8-9H,2-7,17H2,1H3,(H,18,19). The van der Waals surface area contributed by atoms with Crippen molar-refractivity contribution in [1.29, 1.82) is 0 Å². The lowest BCUT2D eigenvalue weighted by molar-refractivity contribution is -0.116. The third kappa shape index (κ3) is 5.70. The van der Waals surface area contributed by atoms with E-state index >= 15 is 0 Å². The van der Waals surface area contributed by atoms with Crippen molar-refractivity contribution in [1.82, 2.24) is 0 Å². The first-order valence-corrected chi connectivity index (χ1v) is 7.29. The summed E-state index contributed by atoms with van der Waals surface area (Å²) in [5.41, 5.74) is 6.77. The van der Waals surface area contributed by atoms with E-state index in [0.717, 1.165) is 31.2 Å². The quantitative estimate of drug-likeness (QED) is 0.748. The highest BCUT2D eigenvalue weighted by Gasteiger charge is 2.08. The van der Waals surface area contributed by atoms with E-state index in [4.69, 9.17) is 5.73 Å². The fourth-order valence-corrected chi connectivity index (χ4v) is 2.12. The van der Waals surface area contributed by atoms with Crippen molar-refractivity contribution in [2.75, 3.05) is 11.9 Å². The van der Waals surface area contributed by atoms with Crippen LogP contribution in [0.3, 0.4) is 0 Å². The molecule has 1 rings (SSSR count). The number of hydrogen-bond acceptors (Lipinski definition) is 2.